The highest BCUT2D eigenvalue weighted by Gasteiger charge is 2.23. The van der Waals surface area contributed by atoms with Gasteiger partial charge in [0.05, 0.1) is 23.3 Å². The molecule has 0 fully saturated rings. The molecule has 0 aromatic carbocycles. The van der Waals surface area contributed by atoms with Gasteiger partial charge in [-0.15, -0.1) is 22.7 Å². The number of hydrogen-bond acceptors (Lipinski definition) is 6. The highest BCUT2D eigenvalue weighted by molar-refractivity contribution is 8.76. The summed E-state index contributed by atoms with van der Waals surface area (Å²) in [6.07, 6.45) is 0.0603. The lowest BCUT2D eigenvalue weighted by Crippen LogP contribution is -2.03. The van der Waals surface area contributed by atoms with Gasteiger partial charge in [0.2, 0.25) is 0 Å². The van der Waals surface area contributed by atoms with Crippen molar-refractivity contribution in [3.63, 3.8) is 0 Å². The standard InChI is InChI=1S/C14H14O4S4/c15-13(16)7-11(9-3-1-5-19-9)21-22-12(8-14(17)18)10-4-2-6-20-10/h1-6,11-12H,7-8H2,(H,15,16)(H,17,18). The second kappa shape index (κ2) is 8.61. The minimum absolute atomic E-state index is 0.0302. The highest BCUT2D eigenvalue weighted by Crippen LogP contribution is 2.50. The van der Waals surface area contributed by atoms with Crippen LogP contribution in [0.2, 0.25) is 0 Å². The van der Waals surface area contributed by atoms with E-state index in [0.717, 1.165) is 9.75 Å². The zero-order valence-corrected chi connectivity index (χ0v) is 14.6. The summed E-state index contributed by atoms with van der Waals surface area (Å²) >= 11 is 3.05. The topological polar surface area (TPSA) is 74.6 Å². The summed E-state index contributed by atoms with van der Waals surface area (Å²) in [4.78, 5) is 24.1. The fourth-order valence-corrected chi connectivity index (χ4v) is 7.04. The molecule has 2 unspecified atom stereocenters. The first-order chi connectivity index (χ1) is 10.6. The molecule has 0 aliphatic carbocycles. The van der Waals surface area contributed by atoms with Crippen molar-refractivity contribution in [1.29, 1.82) is 0 Å². The molecule has 118 valence electrons. The Hall–Kier alpha value is -0.960. The second-order valence-electron chi connectivity index (χ2n) is 4.40. The molecule has 0 bridgehead atoms. The SMILES string of the molecule is O=C(O)CC(SSC(CC(=O)O)c1cccs1)c1cccs1. The van der Waals surface area contributed by atoms with E-state index in [1.807, 2.05) is 35.0 Å². The zero-order chi connectivity index (χ0) is 15.9. The lowest BCUT2D eigenvalue weighted by Gasteiger charge is -2.17. The molecule has 0 saturated heterocycles. The van der Waals surface area contributed by atoms with E-state index in [4.69, 9.17) is 10.2 Å². The van der Waals surface area contributed by atoms with Crippen molar-refractivity contribution < 1.29 is 19.8 Å². The molecule has 2 aromatic heterocycles. The Kier molecular flexibility index (Phi) is 6.81. The van der Waals surface area contributed by atoms with Gasteiger partial charge in [-0.1, -0.05) is 33.7 Å². The van der Waals surface area contributed by atoms with Gasteiger partial charge in [-0.2, -0.15) is 0 Å². The van der Waals surface area contributed by atoms with Gasteiger partial charge in [0.25, 0.3) is 0 Å². The maximum Gasteiger partial charge on any atom is 0.304 e. The summed E-state index contributed by atoms with van der Waals surface area (Å²) in [5, 5.41) is 21.6. The van der Waals surface area contributed by atoms with E-state index in [9.17, 15) is 9.59 Å². The maximum atomic E-state index is 11.0. The normalized spacial score (nSPS) is 13.6. The smallest absolute Gasteiger partial charge is 0.304 e. The van der Waals surface area contributed by atoms with Crippen LogP contribution in [0.4, 0.5) is 0 Å². The van der Waals surface area contributed by atoms with Crippen molar-refractivity contribution in [2.24, 2.45) is 0 Å². The Morgan fingerprint density at radius 2 is 1.32 bits per heavy atom. The van der Waals surface area contributed by atoms with Gasteiger partial charge in [0.1, 0.15) is 0 Å². The van der Waals surface area contributed by atoms with Gasteiger partial charge in [0, 0.05) is 9.75 Å². The first-order valence-electron chi connectivity index (χ1n) is 6.38. The fraction of sp³-hybridized carbons (Fsp3) is 0.286. The van der Waals surface area contributed by atoms with Crippen LogP contribution in [0.1, 0.15) is 33.1 Å². The van der Waals surface area contributed by atoms with Gasteiger partial charge < -0.3 is 10.2 Å². The van der Waals surface area contributed by atoms with Crippen LogP contribution in [-0.2, 0) is 9.59 Å². The van der Waals surface area contributed by atoms with Crippen molar-refractivity contribution >= 4 is 56.2 Å². The Morgan fingerprint density at radius 3 is 1.59 bits per heavy atom. The quantitative estimate of drug-likeness (QED) is 0.607. The third-order valence-electron chi connectivity index (χ3n) is 2.73. The summed E-state index contributed by atoms with van der Waals surface area (Å²) in [6, 6.07) is 7.63. The molecular weight excluding hydrogens is 360 g/mol. The molecule has 22 heavy (non-hydrogen) atoms. The summed E-state index contributed by atoms with van der Waals surface area (Å²) in [7, 11) is 2.89. The molecule has 2 aromatic rings. The van der Waals surface area contributed by atoms with Crippen molar-refractivity contribution in [2.45, 2.75) is 23.3 Å². The largest absolute Gasteiger partial charge is 0.481 e. The van der Waals surface area contributed by atoms with Crippen LogP contribution in [0.5, 0.6) is 0 Å². The van der Waals surface area contributed by atoms with Crippen LogP contribution in [-0.4, -0.2) is 22.2 Å². The first-order valence-corrected chi connectivity index (χ1v) is 10.4. The molecule has 0 aliphatic rings. The predicted octanol–water partition coefficient (Wildman–Crippen LogP) is 4.92. The first kappa shape index (κ1) is 17.4. The lowest BCUT2D eigenvalue weighted by atomic mass is 10.2. The number of carboxylic acids is 2. The summed E-state index contributed by atoms with van der Waals surface area (Å²) in [5.41, 5.74) is 0. The molecule has 0 saturated carbocycles. The van der Waals surface area contributed by atoms with E-state index in [2.05, 4.69) is 0 Å². The Labute approximate surface area is 144 Å². The van der Waals surface area contributed by atoms with Crippen molar-refractivity contribution in [3.8, 4) is 0 Å². The third kappa shape index (κ3) is 5.35. The number of rotatable bonds is 9. The molecule has 4 nitrogen and oxygen atoms in total. The van der Waals surface area contributed by atoms with Gasteiger partial charge in [-0.25, -0.2) is 0 Å². The van der Waals surface area contributed by atoms with Crippen LogP contribution >= 0.6 is 44.3 Å². The summed E-state index contributed by atoms with van der Waals surface area (Å²) < 4.78 is 0. The van der Waals surface area contributed by atoms with Crippen LogP contribution in [0.25, 0.3) is 0 Å². The number of thiophene rings is 2. The van der Waals surface area contributed by atoms with E-state index >= 15 is 0 Å². The van der Waals surface area contributed by atoms with E-state index in [1.54, 1.807) is 0 Å². The van der Waals surface area contributed by atoms with E-state index in [1.165, 1.54) is 44.3 Å². The number of hydrogen-bond donors (Lipinski definition) is 2. The zero-order valence-electron chi connectivity index (χ0n) is 11.4. The minimum Gasteiger partial charge on any atom is -0.481 e. The predicted molar refractivity (Wildman–Crippen MR) is 93.8 cm³/mol. The molecule has 0 amide bonds. The van der Waals surface area contributed by atoms with Crippen molar-refractivity contribution in [1.82, 2.24) is 0 Å². The van der Waals surface area contributed by atoms with E-state index < -0.39 is 11.9 Å². The average Bonchev–Trinajstić information content (AvgIpc) is 3.12. The maximum absolute atomic E-state index is 11.0. The van der Waals surface area contributed by atoms with Gasteiger partial charge in [-0.05, 0) is 22.9 Å². The van der Waals surface area contributed by atoms with Gasteiger partial charge in [0.15, 0.2) is 0 Å². The molecule has 2 N–H and O–H groups in total. The number of carboxylic acid groups (broad SMARTS) is 2. The van der Waals surface area contributed by atoms with Crippen LogP contribution in [0, 0.1) is 0 Å². The van der Waals surface area contributed by atoms with Crippen molar-refractivity contribution in [2.75, 3.05) is 0 Å². The lowest BCUT2D eigenvalue weighted by molar-refractivity contribution is -0.138. The minimum atomic E-state index is -0.850. The summed E-state index contributed by atoms with van der Waals surface area (Å²) in [6.45, 7) is 0. The second-order valence-corrected chi connectivity index (χ2v) is 9.03. The monoisotopic (exact) mass is 374 g/mol. The fourth-order valence-electron chi connectivity index (χ4n) is 1.76. The Bertz CT molecular complexity index is 540. The van der Waals surface area contributed by atoms with Gasteiger partial charge >= 0.3 is 11.9 Å². The number of carbonyl (C=O) groups is 2. The van der Waals surface area contributed by atoms with Crippen LogP contribution < -0.4 is 0 Å². The highest BCUT2D eigenvalue weighted by atomic mass is 33.1. The van der Waals surface area contributed by atoms with Gasteiger partial charge in [-0.3, -0.25) is 9.59 Å². The molecule has 2 atom stereocenters. The molecule has 0 aliphatic heterocycles. The Morgan fingerprint density at radius 1 is 0.909 bits per heavy atom. The molecule has 0 radical (unpaired) electrons. The molecule has 2 rings (SSSR count). The van der Waals surface area contributed by atoms with E-state index in [-0.39, 0.29) is 23.3 Å². The van der Waals surface area contributed by atoms with Crippen LogP contribution in [0.15, 0.2) is 35.0 Å². The number of aliphatic carboxylic acids is 2. The van der Waals surface area contributed by atoms with E-state index in [0.29, 0.717) is 0 Å². The molecule has 2 heterocycles. The van der Waals surface area contributed by atoms with Crippen molar-refractivity contribution in [3.05, 3.63) is 44.8 Å². The Balaban J connectivity index is 2.05. The molecule has 0 spiro atoms. The molecule has 8 heteroatoms. The average molecular weight is 375 g/mol. The molecular formula is C14H14O4S4. The third-order valence-corrected chi connectivity index (χ3v) is 8.14. The summed E-state index contributed by atoms with van der Waals surface area (Å²) in [5.74, 6) is -1.70. The van der Waals surface area contributed by atoms with Crippen LogP contribution in [0.3, 0.4) is 0 Å².